The molecular formula is C15H26ClN5O. The van der Waals surface area contributed by atoms with E-state index in [1.165, 1.54) is 6.33 Å². The molecule has 1 aromatic heterocycles. The average molecular weight is 328 g/mol. The Labute approximate surface area is 137 Å². The Morgan fingerprint density at radius 2 is 2.05 bits per heavy atom. The molecule has 0 atom stereocenters. The van der Waals surface area contributed by atoms with Gasteiger partial charge in [-0.15, -0.1) is 0 Å². The molecule has 0 aromatic carbocycles. The van der Waals surface area contributed by atoms with E-state index in [9.17, 15) is 0 Å². The van der Waals surface area contributed by atoms with Gasteiger partial charge in [0, 0.05) is 40.3 Å². The fourth-order valence-corrected chi connectivity index (χ4v) is 3.21. The number of aromatic nitrogens is 2. The molecule has 0 spiro atoms. The largest absolute Gasteiger partial charge is 0.383 e. The molecule has 0 bridgehead atoms. The van der Waals surface area contributed by atoms with Crippen LogP contribution in [0.5, 0.6) is 0 Å². The minimum Gasteiger partial charge on any atom is -0.383 e. The number of morpholine rings is 1. The van der Waals surface area contributed by atoms with Crippen molar-refractivity contribution in [2.75, 3.05) is 63.7 Å². The quantitative estimate of drug-likeness (QED) is 0.806. The van der Waals surface area contributed by atoms with Crippen LogP contribution >= 0.6 is 11.6 Å². The van der Waals surface area contributed by atoms with Crippen LogP contribution in [0.1, 0.15) is 13.8 Å². The normalized spacial score (nSPS) is 16.6. The molecule has 1 saturated heterocycles. The van der Waals surface area contributed by atoms with Crippen molar-refractivity contribution in [3.63, 3.8) is 0 Å². The number of nitrogens with one attached hydrogen (secondary N) is 1. The summed E-state index contributed by atoms with van der Waals surface area (Å²) in [6.07, 6.45) is 1.50. The van der Waals surface area contributed by atoms with Crippen molar-refractivity contribution in [1.29, 1.82) is 0 Å². The molecule has 1 aliphatic rings. The van der Waals surface area contributed by atoms with Gasteiger partial charge in [0.2, 0.25) is 0 Å². The number of hydrogen-bond donors (Lipinski definition) is 1. The molecular weight excluding hydrogens is 302 g/mol. The first-order valence-electron chi connectivity index (χ1n) is 7.62. The summed E-state index contributed by atoms with van der Waals surface area (Å²) in [4.78, 5) is 13.0. The SMILES string of the molecule is CNc1c(Cl)ncnc1N(C)CC(C)(C)CN1CCOCC1. The highest BCUT2D eigenvalue weighted by Gasteiger charge is 2.26. The van der Waals surface area contributed by atoms with Gasteiger partial charge in [-0.3, -0.25) is 4.90 Å². The lowest BCUT2D eigenvalue weighted by molar-refractivity contribution is 0.0223. The van der Waals surface area contributed by atoms with Crippen molar-refractivity contribution in [1.82, 2.24) is 14.9 Å². The predicted octanol–water partition coefficient (Wildman–Crippen LogP) is 1.97. The highest BCUT2D eigenvalue weighted by molar-refractivity contribution is 6.32. The molecule has 6 nitrogen and oxygen atoms in total. The number of halogens is 1. The van der Waals surface area contributed by atoms with E-state index >= 15 is 0 Å². The third kappa shape index (κ3) is 4.44. The maximum atomic E-state index is 6.14. The van der Waals surface area contributed by atoms with Gasteiger partial charge in [-0.25, -0.2) is 9.97 Å². The van der Waals surface area contributed by atoms with E-state index in [4.69, 9.17) is 16.3 Å². The summed E-state index contributed by atoms with van der Waals surface area (Å²) in [7, 11) is 3.88. The maximum absolute atomic E-state index is 6.14. The highest BCUT2D eigenvalue weighted by atomic mass is 35.5. The molecule has 1 aliphatic heterocycles. The van der Waals surface area contributed by atoms with E-state index in [1.54, 1.807) is 0 Å². The van der Waals surface area contributed by atoms with E-state index in [-0.39, 0.29) is 5.41 Å². The number of hydrogen-bond acceptors (Lipinski definition) is 6. The second-order valence-corrected chi connectivity index (χ2v) is 6.88. The Kier molecular flexibility index (Phi) is 5.83. The molecule has 2 heterocycles. The first kappa shape index (κ1) is 17.2. The molecule has 0 saturated carbocycles. The van der Waals surface area contributed by atoms with Crippen LogP contribution in [-0.4, -0.2) is 68.4 Å². The predicted molar refractivity (Wildman–Crippen MR) is 90.9 cm³/mol. The zero-order valence-corrected chi connectivity index (χ0v) is 14.7. The molecule has 0 aliphatic carbocycles. The third-order valence-electron chi connectivity index (χ3n) is 3.81. The number of anilines is 2. The summed E-state index contributed by atoms with van der Waals surface area (Å²) in [6, 6.07) is 0. The zero-order valence-electron chi connectivity index (χ0n) is 13.9. The van der Waals surface area contributed by atoms with Gasteiger partial charge >= 0.3 is 0 Å². The van der Waals surface area contributed by atoms with Crippen LogP contribution < -0.4 is 10.2 Å². The van der Waals surface area contributed by atoms with Gasteiger partial charge < -0.3 is 15.0 Å². The van der Waals surface area contributed by atoms with Crippen molar-refractivity contribution >= 4 is 23.1 Å². The van der Waals surface area contributed by atoms with Gasteiger partial charge in [-0.05, 0) is 5.41 Å². The van der Waals surface area contributed by atoms with E-state index in [2.05, 4.69) is 38.9 Å². The first-order valence-corrected chi connectivity index (χ1v) is 8.00. The van der Waals surface area contributed by atoms with Gasteiger partial charge in [-0.1, -0.05) is 25.4 Å². The Morgan fingerprint density at radius 1 is 1.36 bits per heavy atom. The summed E-state index contributed by atoms with van der Waals surface area (Å²) in [6.45, 7) is 10.2. The average Bonchev–Trinajstić information content (AvgIpc) is 2.46. The topological polar surface area (TPSA) is 53.5 Å². The summed E-state index contributed by atoms with van der Waals surface area (Å²) in [5.74, 6) is 0.831. The van der Waals surface area contributed by atoms with Crippen LogP contribution in [0.3, 0.4) is 0 Å². The van der Waals surface area contributed by atoms with E-state index in [1.807, 2.05) is 14.1 Å². The summed E-state index contributed by atoms with van der Waals surface area (Å²) in [5.41, 5.74) is 0.906. The van der Waals surface area contributed by atoms with Crippen LogP contribution in [0.25, 0.3) is 0 Å². The van der Waals surface area contributed by atoms with Crippen LogP contribution in [-0.2, 0) is 4.74 Å². The second kappa shape index (κ2) is 7.44. The van der Waals surface area contributed by atoms with E-state index in [0.29, 0.717) is 5.15 Å². The van der Waals surface area contributed by atoms with Crippen LogP contribution in [0.4, 0.5) is 11.5 Å². The fourth-order valence-electron chi connectivity index (χ4n) is 2.99. The Morgan fingerprint density at radius 3 is 2.68 bits per heavy atom. The lowest BCUT2D eigenvalue weighted by atomic mass is 9.91. The first-order chi connectivity index (χ1) is 10.4. The number of nitrogens with zero attached hydrogens (tertiary/aromatic N) is 4. The van der Waals surface area contributed by atoms with Gasteiger partial charge in [-0.2, -0.15) is 0 Å². The second-order valence-electron chi connectivity index (χ2n) is 6.52. The number of ether oxygens (including phenoxy) is 1. The molecule has 1 aromatic rings. The Hall–Kier alpha value is -1.11. The molecule has 22 heavy (non-hydrogen) atoms. The minimum absolute atomic E-state index is 0.133. The lowest BCUT2D eigenvalue weighted by Crippen LogP contribution is -2.45. The van der Waals surface area contributed by atoms with E-state index < -0.39 is 0 Å². The number of rotatable bonds is 6. The summed E-state index contributed by atoms with van der Waals surface area (Å²) >= 11 is 6.14. The van der Waals surface area contributed by atoms with E-state index in [0.717, 1.165) is 50.9 Å². The molecule has 0 amide bonds. The zero-order chi connectivity index (χ0) is 16.2. The Bertz CT molecular complexity index is 491. The smallest absolute Gasteiger partial charge is 0.157 e. The van der Waals surface area contributed by atoms with Crippen molar-refractivity contribution in [2.24, 2.45) is 5.41 Å². The molecule has 1 fully saturated rings. The fraction of sp³-hybridized carbons (Fsp3) is 0.733. The van der Waals surface area contributed by atoms with Crippen molar-refractivity contribution in [3.05, 3.63) is 11.5 Å². The Balaban J connectivity index is 2.03. The maximum Gasteiger partial charge on any atom is 0.157 e. The third-order valence-corrected chi connectivity index (χ3v) is 4.10. The van der Waals surface area contributed by atoms with Crippen LogP contribution in [0.2, 0.25) is 5.15 Å². The molecule has 0 radical (unpaired) electrons. The summed E-state index contributed by atoms with van der Waals surface area (Å²) in [5, 5.41) is 3.54. The molecule has 2 rings (SSSR count). The molecule has 0 unspecified atom stereocenters. The molecule has 124 valence electrons. The summed E-state index contributed by atoms with van der Waals surface area (Å²) < 4.78 is 5.42. The molecule has 7 heteroatoms. The highest BCUT2D eigenvalue weighted by Crippen LogP contribution is 2.30. The van der Waals surface area contributed by atoms with Crippen LogP contribution in [0.15, 0.2) is 6.33 Å². The minimum atomic E-state index is 0.133. The van der Waals surface area contributed by atoms with Crippen molar-refractivity contribution in [3.8, 4) is 0 Å². The monoisotopic (exact) mass is 327 g/mol. The van der Waals surface area contributed by atoms with Gasteiger partial charge in [0.1, 0.15) is 12.0 Å². The van der Waals surface area contributed by atoms with Crippen molar-refractivity contribution < 1.29 is 4.74 Å². The van der Waals surface area contributed by atoms with Gasteiger partial charge in [0.15, 0.2) is 11.0 Å². The van der Waals surface area contributed by atoms with Crippen LogP contribution in [0, 0.1) is 5.41 Å². The van der Waals surface area contributed by atoms with Gasteiger partial charge in [0.05, 0.1) is 13.2 Å². The lowest BCUT2D eigenvalue weighted by Gasteiger charge is -2.37. The standard InChI is InChI=1S/C15H26ClN5O/c1-15(2,10-21-5-7-22-8-6-21)9-20(4)14-12(17-3)13(16)18-11-19-14/h11,17H,5-10H2,1-4H3. The van der Waals surface area contributed by atoms with Crippen molar-refractivity contribution in [2.45, 2.75) is 13.8 Å². The molecule has 1 N–H and O–H groups in total. The van der Waals surface area contributed by atoms with Gasteiger partial charge in [0.25, 0.3) is 0 Å².